The summed E-state index contributed by atoms with van der Waals surface area (Å²) in [6.07, 6.45) is 3.88. The number of carbonyl (C=O) groups is 1. The van der Waals surface area contributed by atoms with E-state index in [0.29, 0.717) is 31.7 Å². The van der Waals surface area contributed by atoms with E-state index in [1.54, 1.807) is 7.11 Å². The van der Waals surface area contributed by atoms with E-state index in [-0.39, 0.29) is 12.0 Å². The maximum Gasteiger partial charge on any atom is 0.319 e. The van der Waals surface area contributed by atoms with Gasteiger partial charge in [0.1, 0.15) is 11.2 Å². The minimum atomic E-state index is -0.667. The molecule has 36 heavy (non-hydrogen) atoms. The molecule has 0 amide bonds. The van der Waals surface area contributed by atoms with E-state index in [4.69, 9.17) is 14.2 Å². The van der Waals surface area contributed by atoms with Gasteiger partial charge in [0.05, 0.1) is 20.3 Å². The minimum Gasteiger partial charge on any atom is -0.497 e. The Morgan fingerprint density at radius 3 is 2.86 bits per heavy atom. The first kappa shape index (κ1) is 23.6. The van der Waals surface area contributed by atoms with E-state index in [9.17, 15) is 4.79 Å². The summed E-state index contributed by atoms with van der Waals surface area (Å²) in [5.41, 5.74) is 3.94. The van der Waals surface area contributed by atoms with Crippen molar-refractivity contribution in [2.45, 2.75) is 50.7 Å². The van der Waals surface area contributed by atoms with Gasteiger partial charge < -0.3 is 19.2 Å². The highest BCUT2D eigenvalue weighted by Crippen LogP contribution is 2.55. The third-order valence-electron chi connectivity index (χ3n) is 8.68. The standard InChI is InChI=1S/C30H36N2O4/c1-3-36-29(33)30-17-21-15-22(12-14-35-19-20-7-5-4-6-8-20)28(30)32(18-21)13-11-24-25-16-23(34-2)9-10-26(25)31-27(24)30/h4-10,16,21-22,28,31H,3,11-15,17-19H2,1-2H3/t21-,22+,28+,30-/m1/s1. The van der Waals surface area contributed by atoms with Crippen molar-refractivity contribution in [1.29, 1.82) is 0 Å². The van der Waals surface area contributed by atoms with E-state index in [0.717, 1.165) is 55.7 Å². The average Bonchev–Trinajstić information content (AvgIpc) is 3.24. The van der Waals surface area contributed by atoms with Crippen LogP contribution in [0.2, 0.25) is 0 Å². The van der Waals surface area contributed by atoms with E-state index in [1.807, 2.05) is 31.2 Å². The number of benzene rings is 2. The van der Waals surface area contributed by atoms with Crippen molar-refractivity contribution in [2.24, 2.45) is 11.8 Å². The molecule has 1 unspecified atom stereocenters. The zero-order valence-electron chi connectivity index (χ0n) is 21.3. The number of fused-ring (bicyclic) bond motifs is 4. The summed E-state index contributed by atoms with van der Waals surface area (Å²) in [5.74, 6) is 1.65. The zero-order chi connectivity index (χ0) is 24.7. The number of nitrogens with zero attached hydrogens (tertiary/aromatic N) is 1. The molecule has 1 aromatic heterocycles. The molecule has 6 heteroatoms. The van der Waals surface area contributed by atoms with E-state index in [1.165, 1.54) is 16.5 Å². The molecule has 4 heterocycles. The van der Waals surface area contributed by atoms with Gasteiger partial charge in [0.2, 0.25) is 0 Å². The molecule has 6 nitrogen and oxygen atoms in total. The van der Waals surface area contributed by atoms with Crippen LogP contribution in [0.15, 0.2) is 48.5 Å². The molecule has 0 spiro atoms. The van der Waals surface area contributed by atoms with Crippen molar-refractivity contribution in [3.8, 4) is 5.75 Å². The molecule has 1 saturated carbocycles. The van der Waals surface area contributed by atoms with Gasteiger partial charge in [-0.05, 0) is 73.8 Å². The van der Waals surface area contributed by atoms with Gasteiger partial charge in [0, 0.05) is 42.3 Å². The number of hydrogen-bond donors (Lipinski definition) is 1. The monoisotopic (exact) mass is 488 g/mol. The number of carbonyl (C=O) groups excluding carboxylic acids is 1. The Morgan fingerprint density at radius 1 is 1.19 bits per heavy atom. The molecule has 1 N–H and O–H groups in total. The molecular weight excluding hydrogens is 452 g/mol. The first-order chi connectivity index (χ1) is 17.6. The van der Waals surface area contributed by atoms with Crippen LogP contribution in [0.4, 0.5) is 0 Å². The van der Waals surface area contributed by atoms with Crippen LogP contribution >= 0.6 is 0 Å². The number of hydrogen-bond acceptors (Lipinski definition) is 5. The summed E-state index contributed by atoms with van der Waals surface area (Å²) in [6.45, 7) is 5.66. The molecular formula is C30H36N2O4. The number of esters is 1. The summed E-state index contributed by atoms with van der Waals surface area (Å²) in [5, 5.41) is 1.17. The van der Waals surface area contributed by atoms with Crippen LogP contribution in [0.1, 0.15) is 43.0 Å². The number of rotatable bonds is 8. The van der Waals surface area contributed by atoms with Crippen LogP contribution in [0.25, 0.3) is 10.9 Å². The van der Waals surface area contributed by atoms with Gasteiger partial charge in [0.25, 0.3) is 0 Å². The Morgan fingerprint density at radius 2 is 2.06 bits per heavy atom. The molecule has 3 fully saturated rings. The lowest BCUT2D eigenvalue weighted by molar-refractivity contribution is -0.165. The van der Waals surface area contributed by atoms with E-state index < -0.39 is 5.41 Å². The van der Waals surface area contributed by atoms with Gasteiger partial charge >= 0.3 is 5.97 Å². The van der Waals surface area contributed by atoms with Gasteiger partial charge in [-0.2, -0.15) is 0 Å². The second-order valence-electron chi connectivity index (χ2n) is 10.7. The highest BCUT2D eigenvalue weighted by atomic mass is 16.5. The lowest BCUT2D eigenvalue weighted by Crippen LogP contribution is -2.67. The second kappa shape index (κ2) is 9.56. The summed E-state index contributed by atoms with van der Waals surface area (Å²) < 4.78 is 17.5. The fourth-order valence-electron chi connectivity index (χ4n) is 7.38. The summed E-state index contributed by atoms with van der Waals surface area (Å²) in [7, 11) is 1.70. The third-order valence-corrected chi connectivity index (χ3v) is 8.68. The number of aromatic nitrogens is 1. The van der Waals surface area contributed by atoms with Crippen molar-refractivity contribution in [2.75, 3.05) is 33.4 Å². The number of methoxy groups -OCH3 is 1. The van der Waals surface area contributed by atoms with Gasteiger partial charge in [-0.25, -0.2) is 0 Å². The largest absolute Gasteiger partial charge is 0.497 e. The number of piperidine rings is 2. The predicted molar refractivity (Wildman–Crippen MR) is 139 cm³/mol. The Bertz CT molecular complexity index is 1240. The molecule has 3 aromatic rings. The van der Waals surface area contributed by atoms with Gasteiger partial charge in [-0.15, -0.1) is 0 Å². The molecule has 4 aliphatic rings. The zero-order valence-corrected chi connectivity index (χ0v) is 21.3. The quantitative estimate of drug-likeness (QED) is 0.363. The molecule has 190 valence electrons. The summed E-state index contributed by atoms with van der Waals surface area (Å²) in [6, 6.07) is 16.6. The SMILES string of the molecule is CCOC(=O)[C@@]12C[C@H]3C[C@H](CCOCc4ccccc4)[C@@H]1N(CCc1c2[nH]c2ccc(OC)cc12)C3. The average molecular weight is 489 g/mol. The Hall–Kier alpha value is -2.83. The Kier molecular flexibility index (Phi) is 6.26. The highest BCUT2D eigenvalue weighted by molar-refractivity contribution is 5.92. The van der Waals surface area contributed by atoms with Gasteiger partial charge in [-0.1, -0.05) is 30.3 Å². The van der Waals surface area contributed by atoms with Gasteiger partial charge in [-0.3, -0.25) is 9.69 Å². The first-order valence-electron chi connectivity index (χ1n) is 13.4. The van der Waals surface area contributed by atoms with Crippen molar-refractivity contribution < 1.29 is 19.0 Å². The molecule has 3 aliphatic heterocycles. The fourth-order valence-corrected chi connectivity index (χ4v) is 7.38. The molecule has 4 bridgehead atoms. The summed E-state index contributed by atoms with van der Waals surface area (Å²) in [4.78, 5) is 20.3. The van der Waals surface area contributed by atoms with Gasteiger partial charge in [0.15, 0.2) is 0 Å². The topological polar surface area (TPSA) is 63.8 Å². The summed E-state index contributed by atoms with van der Waals surface area (Å²) >= 11 is 0. The lowest BCUT2D eigenvalue weighted by Gasteiger charge is -2.58. The molecule has 1 aliphatic carbocycles. The molecule has 7 rings (SSSR count). The van der Waals surface area contributed by atoms with Crippen LogP contribution in [0.5, 0.6) is 5.75 Å². The normalized spacial score (nSPS) is 28.5. The van der Waals surface area contributed by atoms with Crippen molar-refractivity contribution >= 4 is 16.9 Å². The second-order valence-corrected chi connectivity index (χ2v) is 10.7. The number of nitrogens with one attached hydrogen (secondary N) is 1. The van der Waals surface area contributed by atoms with Crippen LogP contribution in [-0.4, -0.2) is 55.3 Å². The maximum absolute atomic E-state index is 14.0. The Balaban J connectivity index is 1.35. The van der Waals surface area contributed by atoms with Crippen LogP contribution in [0, 0.1) is 11.8 Å². The molecule has 0 radical (unpaired) electrons. The Labute approximate surface area is 212 Å². The van der Waals surface area contributed by atoms with Crippen molar-refractivity contribution in [3.63, 3.8) is 0 Å². The first-order valence-corrected chi connectivity index (χ1v) is 13.4. The molecule has 2 aromatic carbocycles. The highest BCUT2D eigenvalue weighted by Gasteiger charge is 2.63. The number of H-pyrrole nitrogens is 1. The number of ether oxygens (including phenoxy) is 3. The van der Waals surface area contributed by atoms with Crippen molar-refractivity contribution in [3.05, 3.63) is 65.4 Å². The fraction of sp³-hybridized carbons (Fsp3) is 0.500. The lowest BCUT2D eigenvalue weighted by atomic mass is 9.56. The minimum absolute atomic E-state index is 0.0683. The predicted octanol–water partition coefficient (Wildman–Crippen LogP) is 4.85. The van der Waals surface area contributed by atoms with E-state index >= 15 is 0 Å². The third kappa shape index (κ3) is 3.82. The van der Waals surface area contributed by atoms with Crippen LogP contribution in [0.3, 0.4) is 0 Å². The smallest absolute Gasteiger partial charge is 0.319 e. The van der Waals surface area contributed by atoms with Crippen molar-refractivity contribution in [1.82, 2.24) is 9.88 Å². The van der Waals surface area contributed by atoms with E-state index in [2.05, 4.69) is 34.1 Å². The number of aromatic amines is 1. The van der Waals surface area contributed by atoms with Crippen LogP contribution < -0.4 is 4.74 Å². The molecule has 5 atom stereocenters. The molecule has 2 saturated heterocycles. The van der Waals surface area contributed by atoms with Crippen LogP contribution in [-0.2, 0) is 32.7 Å². The maximum atomic E-state index is 14.0.